The standard InChI is InChI=1S/C15H24O2Si/c1-15(2,3)18(5,6)17-14(12-16-4)13-10-8-7-9-11-13/h7-12H,1-6H3/b14-12-. The Hall–Kier alpha value is -1.22. The highest BCUT2D eigenvalue weighted by atomic mass is 28.4. The van der Waals surface area contributed by atoms with Crippen molar-refractivity contribution in [2.75, 3.05) is 7.11 Å². The zero-order valence-electron chi connectivity index (χ0n) is 12.3. The summed E-state index contributed by atoms with van der Waals surface area (Å²) in [5, 5.41) is 0.175. The average molecular weight is 264 g/mol. The maximum atomic E-state index is 6.30. The molecule has 0 saturated carbocycles. The third-order valence-electron chi connectivity index (χ3n) is 3.45. The predicted octanol–water partition coefficient (Wildman–Crippen LogP) is 4.65. The fourth-order valence-corrected chi connectivity index (χ4v) is 2.31. The lowest BCUT2D eigenvalue weighted by Crippen LogP contribution is -2.40. The van der Waals surface area contributed by atoms with Crippen LogP contribution in [0, 0.1) is 0 Å². The monoisotopic (exact) mass is 264 g/mol. The van der Waals surface area contributed by atoms with E-state index in [-0.39, 0.29) is 5.04 Å². The Labute approximate surface area is 112 Å². The molecule has 0 heterocycles. The van der Waals surface area contributed by atoms with Crippen LogP contribution in [0.5, 0.6) is 0 Å². The molecule has 3 heteroatoms. The van der Waals surface area contributed by atoms with Gasteiger partial charge >= 0.3 is 0 Å². The van der Waals surface area contributed by atoms with Crippen molar-refractivity contribution < 1.29 is 9.16 Å². The summed E-state index contributed by atoms with van der Waals surface area (Å²) in [5.41, 5.74) is 1.06. The van der Waals surface area contributed by atoms with Crippen LogP contribution < -0.4 is 0 Å². The van der Waals surface area contributed by atoms with Gasteiger partial charge in [-0.2, -0.15) is 0 Å². The van der Waals surface area contributed by atoms with Crippen LogP contribution in [0.1, 0.15) is 26.3 Å². The largest absolute Gasteiger partial charge is 0.541 e. The molecule has 2 nitrogen and oxygen atoms in total. The summed E-state index contributed by atoms with van der Waals surface area (Å²) < 4.78 is 11.5. The van der Waals surface area contributed by atoms with Crippen molar-refractivity contribution in [2.45, 2.75) is 38.9 Å². The lowest BCUT2D eigenvalue weighted by Gasteiger charge is -2.37. The Morgan fingerprint density at radius 2 is 1.67 bits per heavy atom. The van der Waals surface area contributed by atoms with Crippen molar-refractivity contribution in [1.29, 1.82) is 0 Å². The number of hydrogen-bond donors (Lipinski definition) is 0. The summed E-state index contributed by atoms with van der Waals surface area (Å²) in [6, 6.07) is 10.1. The first-order valence-electron chi connectivity index (χ1n) is 6.25. The number of ether oxygens (including phenoxy) is 1. The fourth-order valence-electron chi connectivity index (χ4n) is 1.29. The van der Waals surface area contributed by atoms with Gasteiger partial charge in [0.1, 0.15) is 12.0 Å². The van der Waals surface area contributed by atoms with Gasteiger partial charge in [0.25, 0.3) is 8.32 Å². The van der Waals surface area contributed by atoms with Gasteiger partial charge in [-0.1, -0.05) is 51.1 Å². The van der Waals surface area contributed by atoms with Gasteiger partial charge in [0, 0.05) is 5.56 Å². The van der Waals surface area contributed by atoms with Crippen LogP contribution in [0.3, 0.4) is 0 Å². The molecule has 0 atom stereocenters. The molecule has 0 aliphatic rings. The first-order chi connectivity index (χ1) is 8.28. The van der Waals surface area contributed by atoms with E-state index in [0.29, 0.717) is 0 Å². The maximum absolute atomic E-state index is 6.30. The molecular formula is C15H24O2Si. The second-order valence-electron chi connectivity index (χ2n) is 5.95. The van der Waals surface area contributed by atoms with Gasteiger partial charge < -0.3 is 9.16 Å². The lowest BCUT2D eigenvalue weighted by atomic mass is 10.2. The molecule has 0 saturated heterocycles. The van der Waals surface area contributed by atoms with E-state index in [4.69, 9.17) is 9.16 Å². The quantitative estimate of drug-likeness (QED) is 0.582. The van der Waals surface area contributed by atoms with Gasteiger partial charge in [-0.15, -0.1) is 0 Å². The Morgan fingerprint density at radius 3 is 2.11 bits per heavy atom. The molecular weight excluding hydrogens is 240 g/mol. The Morgan fingerprint density at radius 1 is 1.11 bits per heavy atom. The topological polar surface area (TPSA) is 18.5 Å². The van der Waals surface area contributed by atoms with Crippen molar-refractivity contribution in [2.24, 2.45) is 0 Å². The molecule has 0 aliphatic carbocycles. The van der Waals surface area contributed by atoms with Crippen molar-refractivity contribution in [3.05, 3.63) is 42.2 Å². The van der Waals surface area contributed by atoms with Crippen molar-refractivity contribution >= 4 is 14.1 Å². The summed E-state index contributed by atoms with van der Waals surface area (Å²) in [6.45, 7) is 11.2. The van der Waals surface area contributed by atoms with E-state index in [1.807, 2.05) is 30.3 Å². The number of rotatable bonds is 4. The van der Waals surface area contributed by atoms with Crippen molar-refractivity contribution in [3.63, 3.8) is 0 Å². The molecule has 100 valence electrons. The second kappa shape index (κ2) is 5.61. The zero-order valence-corrected chi connectivity index (χ0v) is 13.3. The first kappa shape index (κ1) is 14.8. The SMILES string of the molecule is CO/C=C(\O[Si](C)(C)C(C)(C)C)c1ccccc1. The summed E-state index contributed by atoms with van der Waals surface area (Å²) in [5.74, 6) is 0.824. The lowest BCUT2D eigenvalue weighted by molar-refractivity contribution is 0.324. The molecule has 0 aliphatic heterocycles. The molecule has 0 spiro atoms. The van der Waals surface area contributed by atoms with Crippen LogP contribution in [0.2, 0.25) is 18.1 Å². The highest BCUT2D eigenvalue weighted by Crippen LogP contribution is 2.39. The molecule has 1 aromatic rings. The van der Waals surface area contributed by atoms with E-state index in [2.05, 4.69) is 33.9 Å². The smallest absolute Gasteiger partial charge is 0.250 e. The zero-order chi connectivity index (χ0) is 13.8. The van der Waals surface area contributed by atoms with Crippen LogP contribution in [-0.4, -0.2) is 15.4 Å². The minimum Gasteiger partial charge on any atom is -0.541 e. The van der Waals surface area contributed by atoms with E-state index < -0.39 is 8.32 Å². The number of methoxy groups -OCH3 is 1. The van der Waals surface area contributed by atoms with Gasteiger partial charge in [0.15, 0.2) is 0 Å². The molecule has 1 rings (SSSR count). The van der Waals surface area contributed by atoms with E-state index in [9.17, 15) is 0 Å². The Kier molecular flexibility index (Phi) is 4.63. The molecule has 0 amide bonds. The summed E-state index contributed by atoms with van der Waals surface area (Å²) in [4.78, 5) is 0. The van der Waals surface area contributed by atoms with Crippen molar-refractivity contribution in [1.82, 2.24) is 0 Å². The van der Waals surface area contributed by atoms with E-state index >= 15 is 0 Å². The third kappa shape index (κ3) is 3.64. The minimum atomic E-state index is -1.84. The van der Waals surface area contributed by atoms with Gasteiger partial charge in [-0.05, 0) is 18.1 Å². The number of benzene rings is 1. The van der Waals surface area contributed by atoms with E-state index in [1.165, 1.54) is 0 Å². The average Bonchev–Trinajstić information content (AvgIpc) is 2.28. The summed E-state index contributed by atoms with van der Waals surface area (Å²) in [6.07, 6.45) is 1.69. The van der Waals surface area contributed by atoms with Crippen LogP contribution in [0.15, 0.2) is 36.6 Å². The molecule has 0 fully saturated rings. The molecule has 0 unspecified atom stereocenters. The number of hydrogen-bond acceptors (Lipinski definition) is 2. The summed E-state index contributed by atoms with van der Waals surface area (Å²) in [7, 11) is -0.186. The highest BCUT2D eigenvalue weighted by Gasteiger charge is 2.39. The normalized spacial score (nSPS) is 13.3. The molecule has 0 radical (unpaired) electrons. The fraction of sp³-hybridized carbons (Fsp3) is 0.467. The predicted molar refractivity (Wildman–Crippen MR) is 79.7 cm³/mol. The second-order valence-corrected chi connectivity index (χ2v) is 10.7. The van der Waals surface area contributed by atoms with Gasteiger partial charge in [-0.25, -0.2) is 0 Å². The molecule has 0 aromatic heterocycles. The van der Waals surface area contributed by atoms with Gasteiger partial charge in [-0.3, -0.25) is 0 Å². The molecule has 0 bridgehead atoms. The Bertz CT molecular complexity index is 402. The van der Waals surface area contributed by atoms with Crippen LogP contribution in [0.25, 0.3) is 5.76 Å². The third-order valence-corrected chi connectivity index (χ3v) is 7.80. The first-order valence-corrected chi connectivity index (χ1v) is 9.16. The van der Waals surface area contributed by atoms with Crippen LogP contribution >= 0.6 is 0 Å². The van der Waals surface area contributed by atoms with Crippen molar-refractivity contribution in [3.8, 4) is 0 Å². The minimum absolute atomic E-state index is 0.175. The highest BCUT2D eigenvalue weighted by molar-refractivity contribution is 6.74. The Balaban J connectivity index is 3.00. The molecule has 18 heavy (non-hydrogen) atoms. The van der Waals surface area contributed by atoms with Crippen LogP contribution in [0.4, 0.5) is 0 Å². The van der Waals surface area contributed by atoms with E-state index in [1.54, 1.807) is 13.4 Å². The molecule has 1 aromatic carbocycles. The van der Waals surface area contributed by atoms with Gasteiger partial charge in [0.05, 0.1) is 7.11 Å². The van der Waals surface area contributed by atoms with Gasteiger partial charge in [0.2, 0.25) is 0 Å². The maximum Gasteiger partial charge on any atom is 0.250 e. The molecule has 0 N–H and O–H groups in total. The van der Waals surface area contributed by atoms with E-state index in [0.717, 1.165) is 11.3 Å². The van der Waals surface area contributed by atoms with Crippen LogP contribution in [-0.2, 0) is 9.16 Å². The summed E-state index contributed by atoms with van der Waals surface area (Å²) >= 11 is 0.